The molecular formula is C19H20N4O2S. The van der Waals surface area contributed by atoms with Crippen molar-refractivity contribution < 1.29 is 9.32 Å². The average Bonchev–Trinajstić information content (AvgIpc) is 3.38. The van der Waals surface area contributed by atoms with Crippen molar-refractivity contribution in [3.05, 3.63) is 44.9 Å². The van der Waals surface area contributed by atoms with Gasteiger partial charge >= 0.3 is 0 Å². The predicted octanol–water partition coefficient (Wildman–Crippen LogP) is 3.59. The van der Waals surface area contributed by atoms with E-state index >= 15 is 0 Å². The lowest BCUT2D eigenvalue weighted by atomic mass is 10.0. The molecule has 0 spiro atoms. The van der Waals surface area contributed by atoms with Crippen molar-refractivity contribution in [2.45, 2.75) is 45.1 Å². The summed E-state index contributed by atoms with van der Waals surface area (Å²) in [5, 5.41) is 11.2. The largest absolute Gasteiger partial charge is 0.355 e. The second kappa shape index (κ2) is 6.39. The second-order valence-corrected chi connectivity index (χ2v) is 8.14. The van der Waals surface area contributed by atoms with Gasteiger partial charge in [-0.05, 0) is 37.3 Å². The number of hydrogen-bond acceptors (Lipinski definition) is 5. The minimum Gasteiger partial charge on any atom is -0.355 e. The lowest BCUT2D eigenvalue weighted by Crippen LogP contribution is -2.35. The van der Waals surface area contributed by atoms with Gasteiger partial charge in [0.15, 0.2) is 5.76 Å². The highest BCUT2D eigenvalue weighted by Gasteiger charge is 2.28. The summed E-state index contributed by atoms with van der Waals surface area (Å²) in [6.45, 7) is 1.27. The third-order valence-electron chi connectivity index (χ3n) is 5.35. The summed E-state index contributed by atoms with van der Waals surface area (Å²) in [6.07, 6.45) is 8.40. The zero-order valence-electron chi connectivity index (χ0n) is 14.5. The molecule has 0 saturated heterocycles. The number of thiophene rings is 1. The summed E-state index contributed by atoms with van der Waals surface area (Å²) in [5.41, 5.74) is 4.28. The Morgan fingerprint density at radius 3 is 3.04 bits per heavy atom. The first-order valence-electron chi connectivity index (χ1n) is 9.17. The molecule has 3 aromatic heterocycles. The molecule has 1 aliphatic heterocycles. The molecule has 26 heavy (non-hydrogen) atoms. The van der Waals surface area contributed by atoms with Gasteiger partial charge in [-0.1, -0.05) is 11.6 Å². The highest BCUT2D eigenvalue weighted by atomic mass is 32.1. The number of hydrogen-bond donors (Lipinski definition) is 1. The van der Waals surface area contributed by atoms with Crippen LogP contribution in [0, 0.1) is 0 Å². The van der Waals surface area contributed by atoms with Crippen molar-refractivity contribution in [1.82, 2.24) is 20.3 Å². The zero-order chi connectivity index (χ0) is 17.5. The van der Waals surface area contributed by atoms with E-state index in [2.05, 4.69) is 21.4 Å². The molecule has 0 saturated carbocycles. The van der Waals surface area contributed by atoms with Crippen molar-refractivity contribution in [2.24, 2.45) is 0 Å². The summed E-state index contributed by atoms with van der Waals surface area (Å²) in [4.78, 5) is 17.3. The van der Waals surface area contributed by atoms with Gasteiger partial charge in [0.2, 0.25) is 0 Å². The molecule has 4 heterocycles. The van der Waals surface area contributed by atoms with E-state index in [1.165, 1.54) is 29.7 Å². The first-order chi connectivity index (χ1) is 12.8. The van der Waals surface area contributed by atoms with Gasteiger partial charge < -0.3 is 9.42 Å². The first-order valence-corrected chi connectivity index (χ1v) is 9.99. The van der Waals surface area contributed by atoms with Gasteiger partial charge in [-0.3, -0.25) is 9.89 Å². The number of aromatic amines is 1. The molecule has 3 aromatic rings. The van der Waals surface area contributed by atoms with Crippen LogP contribution in [0.1, 0.15) is 50.6 Å². The fourth-order valence-electron chi connectivity index (χ4n) is 3.94. The quantitative estimate of drug-likeness (QED) is 0.702. The zero-order valence-corrected chi connectivity index (χ0v) is 15.3. The average molecular weight is 368 g/mol. The highest BCUT2D eigenvalue weighted by Crippen LogP contribution is 2.32. The Labute approximate surface area is 155 Å². The number of carbonyl (C=O) groups is 1. The van der Waals surface area contributed by atoms with Crippen LogP contribution in [-0.2, 0) is 25.8 Å². The van der Waals surface area contributed by atoms with E-state index in [1.807, 2.05) is 4.90 Å². The minimum atomic E-state index is 0.137. The third-order valence-corrected chi connectivity index (χ3v) is 6.57. The van der Waals surface area contributed by atoms with E-state index in [9.17, 15) is 4.79 Å². The van der Waals surface area contributed by atoms with Crippen LogP contribution in [0.5, 0.6) is 0 Å². The molecular weight excluding hydrogens is 348 g/mol. The smallest absolute Gasteiger partial charge is 0.264 e. The van der Waals surface area contributed by atoms with E-state index in [1.54, 1.807) is 23.6 Å². The Bertz CT molecular complexity index is 918. The molecule has 7 heteroatoms. The topological polar surface area (TPSA) is 75.0 Å². The molecule has 0 aromatic carbocycles. The Balaban J connectivity index is 1.41. The molecule has 1 aliphatic carbocycles. The maximum absolute atomic E-state index is 13.1. The van der Waals surface area contributed by atoms with Gasteiger partial charge in [0, 0.05) is 35.2 Å². The Hall–Kier alpha value is -2.41. The van der Waals surface area contributed by atoms with E-state index in [0.717, 1.165) is 41.1 Å². The third kappa shape index (κ3) is 2.67. The molecule has 0 bridgehead atoms. The van der Waals surface area contributed by atoms with Crippen molar-refractivity contribution in [2.75, 3.05) is 6.54 Å². The van der Waals surface area contributed by atoms with Crippen LogP contribution in [0.2, 0.25) is 0 Å². The number of H-pyrrole nitrogens is 1. The summed E-state index contributed by atoms with van der Waals surface area (Å²) < 4.78 is 5.26. The van der Waals surface area contributed by atoms with Crippen LogP contribution in [0.15, 0.2) is 22.9 Å². The SMILES string of the molecule is O=C(c1cc2c(s1)CCCCC2)N1CCc2[nH]nc(-c3ccno3)c2C1. The number of carbonyl (C=O) groups excluding carboxylic acids is 1. The van der Waals surface area contributed by atoms with Gasteiger partial charge in [-0.25, -0.2) is 0 Å². The van der Waals surface area contributed by atoms with Crippen molar-refractivity contribution >= 4 is 17.2 Å². The first kappa shape index (κ1) is 15.8. The number of aryl methyl sites for hydroxylation is 2. The van der Waals surface area contributed by atoms with Crippen LogP contribution >= 0.6 is 11.3 Å². The van der Waals surface area contributed by atoms with E-state index in [4.69, 9.17) is 4.52 Å². The number of nitrogens with zero attached hydrogens (tertiary/aromatic N) is 3. The van der Waals surface area contributed by atoms with Crippen molar-refractivity contribution in [1.29, 1.82) is 0 Å². The monoisotopic (exact) mass is 368 g/mol. The van der Waals surface area contributed by atoms with Gasteiger partial charge in [0.05, 0.1) is 17.6 Å². The van der Waals surface area contributed by atoms with Crippen LogP contribution in [0.3, 0.4) is 0 Å². The molecule has 0 atom stereocenters. The van der Waals surface area contributed by atoms with Crippen LogP contribution < -0.4 is 0 Å². The van der Waals surface area contributed by atoms with Crippen LogP contribution in [0.25, 0.3) is 11.5 Å². The molecule has 0 unspecified atom stereocenters. The molecule has 2 aliphatic rings. The second-order valence-electron chi connectivity index (χ2n) is 7.00. The van der Waals surface area contributed by atoms with Gasteiger partial charge in [-0.15, -0.1) is 11.3 Å². The summed E-state index contributed by atoms with van der Waals surface area (Å²) in [5.74, 6) is 0.776. The fourth-order valence-corrected chi connectivity index (χ4v) is 5.16. The lowest BCUT2D eigenvalue weighted by molar-refractivity contribution is 0.0739. The normalized spacial score (nSPS) is 16.8. The maximum atomic E-state index is 13.1. The van der Waals surface area contributed by atoms with Gasteiger partial charge in [0.25, 0.3) is 5.91 Å². The molecule has 134 valence electrons. The minimum absolute atomic E-state index is 0.137. The van der Waals surface area contributed by atoms with Gasteiger partial charge in [-0.2, -0.15) is 5.10 Å². The fraction of sp³-hybridized carbons (Fsp3) is 0.421. The maximum Gasteiger partial charge on any atom is 0.264 e. The number of amides is 1. The Morgan fingerprint density at radius 2 is 2.15 bits per heavy atom. The van der Waals surface area contributed by atoms with E-state index in [-0.39, 0.29) is 5.91 Å². The van der Waals surface area contributed by atoms with Crippen molar-refractivity contribution in [3.8, 4) is 11.5 Å². The molecule has 0 fully saturated rings. The van der Waals surface area contributed by atoms with E-state index < -0.39 is 0 Å². The summed E-state index contributed by atoms with van der Waals surface area (Å²) in [6, 6.07) is 3.93. The Morgan fingerprint density at radius 1 is 1.23 bits per heavy atom. The number of rotatable bonds is 2. The molecule has 1 N–H and O–H groups in total. The van der Waals surface area contributed by atoms with Crippen LogP contribution in [0.4, 0.5) is 0 Å². The van der Waals surface area contributed by atoms with Crippen molar-refractivity contribution in [3.63, 3.8) is 0 Å². The standard InChI is InChI=1S/C19H20N4O2S/c24-19(17-10-12-4-2-1-3-5-16(12)26-17)23-9-7-14-13(11-23)18(22-21-14)15-6-8-20-25-15/h6,8,10H,1-5,7,9,11H2,(H,21,22). The molecule has 6 nitrogen and oxygen atoms in total. The summed E-state index contributed by atoms with van der Waals surface area (Å²) in [7, 11) is 0. The van der Waals surface area contributed by atoms with Crippen LogP contribution in [-0.4, -0.2) is 32.7 Å². The molecule has 0 radical (unpaired) electrons. The van der Waals surface area contributed by atoms with E-state index in [0.29, 0.717) is 18.8 Å². The Kier molecular flexibility index (Phi) is 3.89. The predicted molar refractivity (Wildman–Crippen MR) is 98.1 cm³/mol. The number of nitrogens with one attached hydrogen (secondary N) is 1. The summed E-state index contributed by atoms with van der Waals surface area (Å²) >= 11 is 1.69. The highest BCUT2D eigenvalue weighted by molar-refractivity contribution is 7.14. The molecule has 1 amide bonds. The number of fused-ring (bicyclic) bond motifs is 2. The molecule has 5 rings (SSSR count). The van der Waals surface area contributed by atoms with Gasteiger partial charge in [0.1, 0.15) is 5.69 Å². The lowest BCUT2D eigenvalue weighted by Gasteiger charge is -2.26. The number of aromatic nitrogens is 3.